The lowest BCUT2D eigenvalue weighted by atomic mass is 10.1. The van der Waals surface area contributed by atoms with Gasteiger partial charge in [-0.25, -0.2) is 0 Å². The van der Waals surface area contributed by atoms with Crippen molar-refractivity contribution < 1.29 is 27.8 Å². The monoisotopic (exact) mass is 300 g/mol. The topological polar surface area (TPSA) is 64.3 Å². The number of ether oxygens (including phenoxy) is 1. The van der Waals surface area contributed by atoms with E-state index in [2.05, 4.69) is 5.10 Å². The first-order chi connectivity index (χ1) is 9.84. The van der Waals surface area contributed by atoms with Crippen molar-refractivity contribution in [3.05, 3.63) is 47.8 Å². The summed E-state index contributed by atoms with van der Waals surface area (Å²) in [7, 11) is 0. The minimum atomic E-state index is -4.36. The summed E-state index contributed by atoms with van der Waals surface area (Å²) in [5, 5.41) is 12.4. The SMILES string of the molecule is O=C(O)Cn1cc(OCc2ccc(C(F)(F)F)cc2)cn1. The fraction of sp³-hybridized carbons (Fsp3) is 0.231. The van der Waals surface area contributed by atoms with Crippen molar-refractivity contribution >= 4 is 5.97 Å². The predicted octanol–water partition coefficient (Wildman–Crippen LogP) is 2.57. The number of carboxylic acids is 1. The van der Waals surface area contributed by atoms with Crippen molar-refractivity contribution in [1.82, 2.24) is 9.78 Å². The van der Waals surface area contributed by atoms with Crippen molar-refractivity contribution in [3.63, 3.8) is 0 Å². The van der Waals surface area contributed by atoms with Crippen LogP contribution in [0.15, 0.2) is 36.7 Å². The van der Waals surface area contributed by atoms with E-state index in [-0.39, 0.29) is 13.2 Å². The van der Waals surface area contributed by atoms with Gasteiger partial charge in [0, 0.05) is 0 Å². The predicted molar refractivity (Wildman–Crippen MR) is 65.6 cm³/mol. The second-order valence-electron chi connectivity index (χ2n) is 4.25. The van der Waals surface area contributed by atoms with Crippen LogP contribution in [-0.2, 0) is 24.1 Å². The molecule has 0 radical (unpaired) electrons. The van der Waals surface area contributed by atoms with E-state index in [1.165, 1.54) is 29.2 Å². The minimum Gasteiger partial charge on any atom is -0.486 e. The van der Waals surface area contributed by atoms with Crippen molar-refractivity contribution in [3.8, 4) is 5.75 Å². The molecular formula is C13H11F3N2O3. The summed E-state index contributed by atoms with van der Waals surface area (Å²) < 4.78 is 43.7. The molecule has 8 heteroatoms. The van der Waals surface area contributed by atoms with Gasteiger partial charge in [0.25, 0.3) is 0 Å². The van der Waals surface area contributed by atoms with Crippen LogP contribution in [0.25, 0.3) is 0 Å². The quantitative estimate of drug-likeness (QED) is 0.921. The zero-order chi connectivity index (χ0) is 15.5. The van der Waals surface area contributed by atoms with Gasteiger partial charge in [0.05, 0.1) is 18.0 Å². The Morgan fingerprint density at radius 2 is 1.95 bits per heavy atom. The molecule has 0 saturated carbocycles. The molecule has 1 aromatic carbocycles. The van der Waals surface area contributed by atoms with Gasteiger partial charge in [-0.1, -0.05) is 12.1 Å². The maximum Gasteiger partial charge on any atom is 0.416 e. The summed E-state index contributed by atoms with van der Waals surface area (Å²) in [6.45, 7) is -0.222. The van der Waals surface area contributed by atoms with Crippen LogP contribution in [0.5, 0.6) is 5.75 Å². The maximum atomic E-state index is 12.4. The van der Waals surface area contributed by atoms with Crippen LogP contribution in [0.3, 0.4) is 0 Å². The fourth-order valence-corrected chi connectivity index (χ4v) is 1.60. The van der Waals surface area contributed by atoms with Gasteiger partial charge >= 0.3 is 12.1 Å². The molecule has 0 spiro atoms. The van der Waals surface area contributed by atoms with Crippen molar-refractivity contribution in [2.75, 3.05) is 0 Å². The van der Waals surface area contributed by atoms with E-state index in [0.29, 0.717) is 11.3 Å². The zero-order valence-electron chi connectivity index (χ0n) is 10.7. The average Bonchev–Trinajstić information content (AvgIpc) is 2.82. The molecule has 2 rings (SSSR count). The lowest BCUT2D eigenvalue weighted by molar-refractivity contribution is -0.138. The van der Waals surface area contributed by atoms with Gasteiger partial charge in [-0.3, -0.25) is 9.48 Å². The highest BCUT2D eigenvalue weighted by atomic mass is 19.4. The third-order valence-electron chi connectivity index (χ3n) is 2.59. The number of alkyl halides is 3. The lowest BCUT2D eigenvalue weighted by Gasteiger charge is -2.08. The summed E-state index contributed by atoms with van der Waals surface area (Å²) in [6.07, 6.45) is -1.62. The highest BCUT2D eigenvalue weighted by molar-refractivity contribution is 5.66. The highest BCUT2D eigenvalue weighted by Crippen LogP contribution is 2.29. The Bertz CT molecular complexity index is 620. The zero-order valence-corrected chi connectivity index (χ0v) is 10.7. The summed E-state index contributed by atoms with van der Waals surface area (Å²) in [5.41, 5.74) is -0.158. The summed E-state index contributed by atoms with van der Waals surface area (Å²) in [6, 6.07) is 4.61. The third kappa shape index (κ3) is 4.23. The number of benzene rings is 1. The van der Waals surface area contributed by atoms with Crippen molar-refractivity contribution in [2.45, 2.75) is 19.3 Å². The standard InChI is InChI=1S/C13H11F3N2O3/c14-13(15,16)10-3-1-9(2-4-10)8-21-11-5-17-18(6-11)7-12(19)20/h1-6H,7-8H2,(H,19,20). The molecule has 0 aliphatic carbocycles. The Morgan fingerprint density at radius 1 is 1.29 bits per heavy atom. The molecule has 5 nitrogen and oxygen atoms in total. The van der Waals surface area contributed by atoms with Gasteiger partial charge in [0.2, 0.25) is 0 Å². The number of carboxylic acid groups (broad SMARTS) is 1. The summed E-state index contributed by atoms with van der Waals surface area (Å²) >= 11 is 0. The molecule has 0 amide bonds. The average molecular weight is 300 g/mol. The third-order valence-corrected chi connectivity index (χ3v) is 2.59. The number of hydrogen-bond donors (Lipinski definition) is 1. The molecule has 21 heavy (non-hydrogen) atoms. The van der Waals surface area contributed by atoms with E-state index in [0.717, 1.165) is 12.1 Å². The molecular weight excluding hydrogens is 289 g/mol. The molecule has 0 aliphatic rings. The molecule has 0 saturated heterocycles. The van der Waals surface area contributed by atoms with Crippen LogP contribution < -0.4 is 4.74 Å². The molecule has 112 valence electrons. The van der Waals surface area contributed by atoms with Crippen LogP contribution in [-0.4, -0.2) is 20.9 Å². The van der Waals surface area contributed by atoms with Gasteiger partial charge < -0.3 is 9.84 Å². The van der Waals surface area contributed by atoms with Gasteiger partial charge in [-0.15, -0.1) is 0 Å². The number of aliphatic carboxylic acids is 1. The van der Waals surface area contributed by atoms with Gasteiger partial charge in [0.15, 0.2) is 5.75 Å². The molecule has 0 bridgehead atoms. The summed E-state index contributed by atoms with van der Waals surface area (Å²) in [4.78, 5) is 10.5. The van der Waals surface area contributed by atoms with E-state index in [1.807, 2.05) is 0 Å². The molecule has 0 atom stereocenters. The number of aromatic nitrogens is 2. The van der Waals surface area contributed by atoms with Gasteiger partial charge in [0.1, 0.15) is 13.2 Å². The van der Waals surface area contributed by atoms with Crippen LogP contribution in [0, 0.1) is 0 Å². The Hall–Kier alpha value is -2.51. The van der Waals surface area contributed by atoms with E-state index in [9.17, 15) is 18.0 Å². The number of carbonyl (C=O) groups is 1. The first-order valence-corrected chi connectivity index (χ1v) is 5.88. The first kappa shape index (κ1) is 14.9. The molecule has 1 N–H and O–H groups in total. The van der Waals surface area contributed by atoms with Crippen LogP contribution >= 0.6 is 0 Å². The number of rotatable bonds is 5. The lowest BCUT2D eigenvalue weighted by Crippen LogP contribution is -2.08. The normalized spacial score (nSPS) is 11.4. The Morgan fingerprint density at radius 3 is 2.52 bits per heavy atom. The minimum absolute atomic E-state index is 0.0664. The van der Waals surface area contributed by atoms with Gasteiger partial charge in [-0.2, -0.15) is 18.3 Å². The molecule has 0 fully saturated rings. The molecule has 1 aromatic heterocycles. The second kappa shape index (κ2) is 5.86. The largest absolute Gasteiger partial charge is 0.486 e. The molecule has 0 aliphatic heterocycles. The van der Waals surface area contributed by atoms with Crippen LogP contribution in [0.2, 0.25) is 0 Å². The van der Waals surface area contributed by atoms with Crippen molar-refractivity contribution in [1.29, 1.82) is 0 Å². The maximum absolute atomic E-state index is 12.4. The highest BCUT2D eigenvalue weighted by Gasteiger charge is 2.29. The Labute approximate surface area is 117 Å². The van der Waals surface area contributed by atoms with Crippen LogP contribution in [0.1, 0.15) is 11.1 Å². The van der Waals surface area contributed by atoms with E-state index < -0.39 is 17.7 Å². The van der Waals surface area contributed by atoms with Crippen LogP contribution in [0.4, 0.5) is 13.2 Å². The van der Waals surface area contributed by atoms with Gasteiger partial charge in [-0.05, 0) is 17.7 Å². The van der Waals surface area contributed by atoms with E-state index >= 15 is 0 Å². The molecule has 0 unspecified atom stereocenters. The van der Waals surface area contributed by atoms with E-state index in [4.69, 9.17) is 9.84 Å². The number of halogens is 3. The summed E-state index contributed by atoms with van der Waals surface area (Å²) in [5.74, 6) is -0.691. The van der Waals surface area contributed by atoms with E-state index in [1.54, 1.807) is 0 Å². The fourth-order valence-electron chi connectivity index (χ4n) is 1.60. The Balaban J connectivity index is 1.94. The smallest absolute Gasteiger partial charge is 0.416 e. The second-order valence-corrected chi connectivity index (χ2v) is 4.25. The number of hydrogen-bond acceptors (Lipinski definition) is 3. The molecule has 2 aromatic rings. The number of nitrogens with zero attached hydrogens (tertiary/aromatic N) is 2. The first-order valence-electron chi connectivity index (χ1n) is 5.88. The van der Waals surface area contributed by atoms with Crippen molar-refractivity contribution in [2.24, 2.45) is 0 Å². The Kier molecular flexibility index (Phi) is 4.15. The molecule has 1 heterocycles.